The second-order valence-corrected chi connectivity index (χ2v) is 9.02. The number of ether oxygens (including phenoxy) is 1. The predicted octanol–water partition coefficient (Wildman–Crippen LogP) is 4.50. The van der Waals surface area contributed by atoms with Gasteiger partial charge in [-0.2, -0.15) is 25.6 Å². The lowest BCUT2D eigenvalue weighted by molar-refractivity contribution is 0.458. The zero-order valence-corrected chi connectivity index (χ0v) is 21.0. The van der Waals surface area contributed by atoms with Crippen molar-refractivity contribution in [3.05, 3.63) is 70.3 Å². The molecule has 3 heterocycles. The Morgan fingerprint density at radius 1 is 1.16 bits per heavy atom. The van der Waals surface area contributed by atoms with Gasteiger partial charge in [-0.25, -0.2) is 4.98 Å². The first-order valence-electron chi connectivity index (χ1n) is 11.8. The molecule has 4 aromatic rings. The molecule has 0 amide bonds. The van der Waals surface area contributed by atoms with E-state index in [2.05, 4.69) is 21.5 Å². The standard InChI is InChI=1S/C27H25N9O/c1-16-10-19(6-5-8-28)11-17(2)24(16)37-26-23-25(33-27(34-26)32-21-12-20(13-21)14-29)31-18(3)36(23)15-22-7-9-30-35(22)4/h5-7,9-12,21H,13,15H2,1-4H3,(H,32,33,34)/b6-5+. The first kappa shape index (κ1) is 23.8. The molecule has 0 fully saturated rings. The highest BCUT2D eigenvalue weighted by Gasteiger charge is 2.24. The maximum Gasteiger partial charge on any atom is 0.250 e. The zero-order chi connectivity index (χ0) is 26.1. The van der Waals surface area contributed by atoms with Gasteiger partial charge in [0.2, 0.25) is 5.95 Å². The fourth-order valence-corrected chi connectivity index (χ4v) is 4.42. The van der Waals surface area contributed by atoms with E-state index >= 15 is 0 Å². The topological polar surface area (TPSA) is 130 Å². The normalized spacial score (nSPS) is 14.8. The SMILES string of the molecule is Cc1cc(/C=C/C#N)cc(C)c1Oc1nc(NC2C=C(C#N)C2)nc2nc(C)n(Cc3ccnn3C)c12. The third-order valence-corrected chi connectivity index (χ3v) is 6.34. The van der Waals surface area contributed by atoms with Crippen LogP contribution in [0.2, 0.25) is 0 Å². The number of anilines is 1. The van der Waals surface area contributed by atoms with Crippen molar-refractivity contribution >= 4 is 23.2 Å². The third-order valence-electron chi connectivity index (χ3n) is 6.34. The Bertz CT molecular complexity index is 1640. The van der Waals surface area contributed by atoms with Gasteiger partial charge in [-0.1, -0.05) is 0 Å². The maximum atomic E-state index is 9.06. The summed E-state index contributed by atoms with van der Waals surface area (Å²) in [5.41, 5.74) is 5.67. The lowest BCUT2D eigenvalue weighted by Gasteiger charge is -2.22. The number of allylic oxidation sites excluding steroid dienone is 1. The van der Waals surface area contributed by atoms with Gasteiger partial charge in [-0.3, -0.25) is 4.68 Å². The fourth-order valence-electron chi connectivity index (χ4n) is 4.42. The molecule has 0 saturated carbocycles. The lowest BCUT2D eigenvalue weighted by atomic mass is 9.94. The summed E-state index contributed by atoms with van der Waals surface area (Å²) in [5.74, 6) is 2.22. The number of benzene rings is 1. The van der Waals surface area contributed by atoms with E-state index in [-0.39, 0.29) is 6.04 Å². The number of imidazole rings is 1. The van der Waals surface area contributed by atoms with Crippen molar-refractivity contribution in [2.24, 2.45) is 7.05 Å². The van der Waals surface area contributed by atoms with Crippen LogP contribution in [0.25, 0.3) is 17.2 Å². The number of hydrogen-bond acceptors (Lipinski definition) is 8. The molecule has 10 nitrogen and oxygen atoms in total. The van der Waals surface area contributed by atoms with Crippen LogP contribution in [0.3, 0.4) is 0 Å². The number of aromatic nitrogens is 6. The van der Waals surface area contributed by atoms with Crippen LogP contribution in [-0.4, -0.2) is 35.3 Å². The second kappa shape index (κ2) is 9.59. The number of nitrogens with zero attached hydrogens (tertiary/aromatic N) is 8. The summed E-state index contributed by atoms with van der Waals surface area (Å²) in [5, 5.41) is 25.5. The van der Waals surface area contributed by atoms with Gasteiger partial charge in [0, 0.05) is 31.3 Å². The number of nitrogens with one attached hydrogen (secondary N) is 1. The Labute approximate surface area is 214 Å². The third kappa shape index (κ3) is 4.65. The van der Waals surface area contributed by atoms with Gasteiger partial charge in [0.1, 0.15) is 11.6 Å². The molecule has 184 valence electrons. The van der Waals surface area contributed by atoms with E-state index in [4.69, 9.17) is 25.2 Å². The molecule has 3 aromatic heterocycles. The molecule has 10 heteroatoms. The summed E-state index contributed by atoms with van der Waals surface area (Å²) in [6.07, 6.45) is 7.46. The molecule has 0 aliphatic heterocycles. The molecule has 5 rings (SSSR count). The van der Waals surface area contributed by atoms with Crippen molar-refractivity contribution in [2.75, 3.05) is 5.32 Å². The highest BCUT2D eigenvalue weighted by Crippen LogP contribution is 2.35. The Balaban J connectivity index is 1.60. The van der Waals surface area contributed by atoms with Gasteiger partial charge in [0.05, 0.1) is 30.4 Å². The number of hydrogen-bond donors (Lipinski definition) is 1. The molecule has 1 aliphatic carbocycles. The Kier molecular flexibility index (Phi) is 6.16. The van der Waals surface area contributed by atoms with Gasteiger partial charge >= 0.3 is 0 Å². The van der Waals surface area contributed by atoms with E-state index < -0.39 is 0 Å². The summed E-state index contributed by atoms with van der Waals surface area (Å²) < 4.78 is 10.3. The number of rotatable bonds is 7. The Hall–Kier alpha value is -4.96. The van der Waals surface area contributed by atoms with Crippen LogP contribution >= 0.6 is 0 Å². The Morgan fingerprint density at radius 2 is 1.92 bits per heavy atom. The summed E-state index contributed by atoms with van der Waals surface area (Å²) >= 11 is 0. The van der Waals surface area contributed by atoms with E-state index in [0.29, 0.717) is 41.7 Å². The van der Waals surface area contributed by atoms with Crippen molar-refractivity contribution in [3.8, 4) is 23.8 Å². The van der Waals surface area contributed by atoms with Gasteiger partial charge in [0.25, 0.3) is 5.88 Å². The first-order valence-corrected chi connectivity index (χ1v) is 11.8. The molecule has 37 heavy (non-hydrogen) atoms. The molecule has 1 aliphatic rings. The first-order chi connectivity index (χ1) is 17.9. The minimum absolute atomic E-state index is 0.0211. The van der Waals surface area contributed by atoms with Crippen molar-refractivity contribution < 1.29 is 4.74 Å². The van der Waals surface area contributed by atoms with Crippen molar-refractivity contribution in [1.82, 2.24) is 29.3 Å². The van der Waals surface area contributed by atoms with E-state index in [0.717, 1.165) is 33.8 Å². The summed E-state index contributed by atoms with van der Waals surface area (Å²) in [7, 11) is 1.90. The molecule has 0 radical (unpaired) electrons. The van der Waals surface area contributed by atoms with E-state index in [1.54, 1.807) is 12.3 Å². The highest BCUT2D eigenvalue weighted by molar-refractivity contribution is 5.79. The molecule has 0 bridgehead atoms. The monoisotopic (exact) mass is 491 g/mol. The summed E-state index contributed by atoms with van der Waals surface area (Å²) in [4.78, 5) is 14.1. The maximum absolute atomic E-state index is 9.06. The molecule has 1 aromatic carbocycles. The number of aryl methyl sites for hydroxylation is 4. The van der Waals surface area contributed by atoms with Crippen LogP contribution in [0.1, 0.15) is 34.6 Å². The van der Waals surface area contributed by atoms with Gasteiger partial charge in [-0.05, 0) is 67.8 Å². The van der Waals surface area contributed by atoms with E-state index in [9.17, 15) is 0 Å². The largest absolute Gasteiger partial charge is 0.436 e. The van der Waals surface area contributed by atoms with Gasteiger partial charge in [0.15, 0.2) is 11.2 Å². The molecule has 0 spiro atoms. The van der Waals surface area contributed by atoms with Crippen molar-refractivity contribution in [2.45, 2.75) is 39.8 Å². The zero-order valence-electron chi connectivity index (χ0n) is 21.0. The minimum atomic E-state index is -0.0211. The quantitative estimate of drug-likeness (QED) is 0.374. The van der Waals surface area contributed by atoms with Crippen LogP contribution in [0.15, 0.2) is 42.1 Å². The van der Waals surface area contributed by atoms with Gasteiger partial charge in [-0.15, -0.1) is 0 Å². The average molecular weight is 492 g/mol. The Morgan fingerprint density at radius 3 is 2.57 bits per heavy atom. The summed E-state index contributed by atoms with van der Waals surface area (Å²) in [6, 6.07) is 10.1. The van der Waals surface area contributed by atoms with Crippen LogP contribution in [-0.2, 0) is 13.6 Å². The molecule has 1 unspecified atom stereocenters. The molecule has 0 saturated heterocycles. The van der Waals surface area contributed by atoms with Crippen LogP contribution in [0, 0.1) is 43.4 Å². The second-order valence-electron chi connectivity index (χ2n) is 9.02. The predicted molar refractivity (Wildman–Crippen MR) is 139 cm³/mol. The molecule has 1 N–H and O–H groups in total. The van der Waals surface area contributed by atoms with Crippen LogP contribution < -0.4 is 10.1 Å². The number of nitriles is 2. The smallest absolute Gasteiger partial charge is 0.250 e. The molecular formula is C27H25N9O. The van der Waals surface area contributed by atoms with Gasteiger partial charge < -0.3 is 14.6 Å². The average Bonchev–Trinajstić information content (AvgIpc) is 3.39. The molecule has 1 atom stereocenters. The minimum Gasteiger partial charge on any atom is -0.436 e. The van der Waals surface area contributed by atoms with E-state index in [1.807, 2.05) is 67.4 Å². The fraction of sp³-hybridized carbons (Fsp3) is 0.259. The number of fused-ring (bicyclic) bond motifs is 1. The van der Waals surface area contributed by atoms with Crippen molar-refractivity contribution in [1.29, 1.82) is 10.5 Å². The lowest BCUT2D eigenvalue weighted by Crippen LogP contribution is -2.26. The molecular weight excluding hydrogens is 466 g/mol. The van der Waals surface area contributed by atoms with Crippen LogP contribution in [0.4, 0.5) is 5.95 Å². The highest BCUT2D eigenvalue weighted by atomic mass is 16.5. The van der Waals surface area contributed by atoms with E-state index in [1.165, 1.54) is 6.08 Å². The van der Waals surface area contributed by atoms with Crippen LogP contribution in [0.5, 0.6) is 11.6 Å². The van der Waals surface area contributed by atoms with Crippen molar-refractivity contribution in [3.63, 3.8) is 0 Å². The summed E-state index contributed by atoms with van der Waals surface area (Å²) in [6.45, 7) is 6.38.